The summed E-state index contributed by atoms with van der Waals surface area (Å²) in [5.41, 5.74) is 0. The van der Waals surface area contributed by atoms with Crippen LogP contribution in [0.3, 0.4) is 0 Å². The lowest BCUT2D eigenvalue weighted by atomic mass is 10.4. The maximum atomic E-state index is 10.1. The topological polar surface area (TPSA) is 29.1 Å². The lowest BCUT2D eigenvalue weighted by Crippen LogP contribution is -2.12. The van der Waals surface area contributed by atoms with E-state index in [9.17, 15) is 4.79 Å². The molecular weight excluding hydrogens is 105 g/mol. The van der Waals surface area contributed by atoms with E-state index in [1.807, 2.05) is 0 Å². The number of carbonyl (C=O) groups excluding carboxylic acids is 1. The van der Waals surface area contributed by atoms with Gasteiger partial charge in [0.2, 0.25) is 5.91 Å². The van der Waals surface area contributed by atoms with Crippen LogP contribution in [0, 0.1) is 0 Å². The maximum absolute atomic E-state index is 10.1. The highest BCUT2D eigenvalue weighted by molar-refractivity contribution is 5.77. The van der Waals surface area contributed by atoms with E-state index in [0.717, 1.165) is 19.4 Å². The molecule has 40 valence electrons. The van der Waals surface area contributed by atoms with Gasteiger partial charge in [-0.05, 0) is 6.42 Å². The van der Waals surface area contributed by atoms with Crippen molar-refractivity contribution < 1.29 is 4.79 Å². The second-order valence-electron chi connectivity index (χ2n) is 1.45. The van der Waals surface area contributed by atoms with Crippen LogP contribution < -0.4 is 5.32 Å². The predicted molar refractivity (Wildman–Crippen MR) is 32.2 cm³/mol. The molecule has 0 spiro atoms. The second-order valence-corrected chi connectivity index (χ2v) is 1.45. The van der Waals surface area contributed by atoms with Crippen molar-refractivity contribution in [2.45, 2.75) is 12.8 Å². The van der Waals surface area contributed by atoms with Gasteiger partial charge in [0.1, 0.15) is 0 Å². The zero-order valence-electron chi connectivity index (χ0n) is 3.53. The van der Waals surface area contributed by atoms with E-state index in [0.29, 0.717) is 0 Å². The predicted octanol–water partition coefficient (Wildman–Crippen LogP) is -1.29. The van der Waals surface area contributed by atoms with Gasteiger partial charge in [-0.1, -0.05) is 0 Å². The molecule has 0 aromatic rings. The molecule has 1 amide bonds. The molecule has 0 aliphatic carbocycles. The van der Waals surface area contributed by atoms with Gasteiger partial charge in [-0.25, -0.2) is 0 Å². The molecule has 0 aromatic carbocycles. The molecule has 1 aliphatic heterocycles. The smallest absolute Gasteiger partial charge is 0.220 e. The van der Waals surface area contributed by atoms with Crippen LogP contribution in [0.1, 0.15) is 12.8 Å². The molecule has 0 atom stereocenters. The molecule has 0 bridgehead atoms. The van der Waals surface area contributed by atoms with Crippen molar-refractivity contribution in [2.24, 2.45) is 0 Å². The van der Waals surface area contributed by atoms with Crippen LogP contribution in [0.25, 0.3) is 0 Å². The van der Waals surface area contributed by atoms with Gasteiger partial charge in [0.15, 0.2) is 17.4 Å². The van der Waals surface area contributed by atoms with E-state index in [-0.39, 0.29) is 23.3 Å². The van der Waals surface area contributed by atoms with Crippen LogP contribution in [-0.4, -0.2) is 29.8 Å². The number of amides is 1. The average molecular weight is 115 g/mol. The van der Waals surface area contributed by atoms with E-state index in [1.54, 1.807) is 0 Å². The second kappa shape index (κ2) is 3.06. The van der Waals surface area contributed by atoms with Crippen molar-refractivity contribution in [1.29, 1.82) is 0 Å². The third-order valence-electron chi connectivity index (χ3n) is 0.903. The highest BCUT2D eigenvalue weighted by Crippen LogP contribution is 1.93. The van der Waals surface area contributed by atoms with Crippen LogP contribution >= 0.6 is 0 Å². The summed E-state index contributed by atoms with van der Waals surface area (Å²) in [7, 11) is 0. The summed E-state index contributed by atoms with van der Waals surface area (Å²) in [6, 6.07) is 0. The summed E-state index contributed by atoms with van der Waals surface area (Å²) in [6.45, 7) is 0.888. The molecule has 7 heavy (non-hydrogen) atoms. The first-order valence-electron chi connectivity index (χ1n) is 2.16. The average Bonchev–Trinajstić information content (AvgIpc) is 1.86. The Bertz CT molecular complexity index is 66.1. The Kier molecular flexibility index (Phi) is 3.06. The highest BCUT2D eigenvalue weighted by Gasteiger charge is 2.05. The Labute approximate surface area is 53.4 Å². The number of nitrogens with one attached hydrogen (secondary N) is 1. The summed E-state index contributed by atoms with van der Waals surface area (Å²) in [4.78, 5) is 10.1. The molecule has 1 N–H and O–H groups in total. The quantitative estimate of drug-likeness (QED) is 0.391. The standard InChI is InChI=1S/C4H7NO.Al.3H/c6-4-2-1-3-5-4;;;;/h1-3H2,(H,5,6);;;;. The Morgan fingerprint density at radius 3 is 2.43 bits per heavy atom. The summed E-state index contributed by atoms with van der Waals surface area (Å²) in [5, 5.41) is 2.68. The van der Waals surface area contributed by atoms with Crippen molar-refractivity contribution in [3.8, 4) is 0 Å². The molecule has 0 saturated carbocycles. The zero-order valence-corrected chi connectivity index (χ0v) is 3.53. The Morgan fingerprint density at radius 1 is 1.57 bits per heavy atom. The fourth-order valence-corrected chi connectivity index (χ4v) is 0.565. The molecule has 3 heteroatoms. The molecule has 0 aromatic heterocycles. The molecule has 1 aliphatic rings. The number of hydrogen-bond donors (Lipinski definition) is 1. The largest absolute Gasteiger partial charge is 0.356 e. The van der Waals surface area contributed by atoms with Gasteiger partial charge in [-0.15, -0.1) is 0 Å². The SMILES string of the molecule is O=C1CCCN1.[AlH3]. The number of hydrogen-bond acceptors (Lipinski definition) is 1. The fourth-order valence-electron chi connectivity index (χ4n) is 0.565. The number of carbonyl (C=O) groups is 1. The molecule has 0 radical (unpaired) electrons. The fraction of sp³-hybridized carbons (Fsp3) is 0.750. The van der Waals surface area contributed by atoms with Crippen molar-refractivity contribution in [1.82, 2.24) is 5.32 Å². The van der Waals surface area contributed by atoms with Crippen LogP contribution in [0.2, 0.25) is 0 Å². The van der Waals surface area contributed by atoms with E-state index < -0.39 is 0 Å². The first-order chi connectivity index (χ1) is 2.89. The summed E-state index contributed by atoms with van der Waals surface area (Å²) in [5.74, 6) is 0.204. The molecule has 1 saturated heterocycles. The van der Waals surface area contributed by atoms with Crippen LogP contribution in [0.4, 0.5) is 0 Å². The van der Waals surface area contributed by atoms with E-state index in [1.165, 1.54) is 0 Å². The monoisotopic (exact) mass is 115 g/mol. The minimum absolute atomic E-state index is 0. The van der Waals surface area contributed by atoms with Gasteiger partial charge in [-0.2, -0.15) is 0 Å². The highest BCUT2D eigenvalue weighted by atomic mass is 27.0. The molecular formula is C4H10AlNO. The van der Waals surface area contributed by atoms with E-state index in [4.69, 9.17) is 0 Å². The van der Waals surface area contributed by atoms with Crippen LogP contribution in [0.5, 0.6) is 0 Å². The third kappa shape index (κ3) is 1.96. The van der Waals surface area contributed by atoms with E-state index in [2.05, 4.69) is 5.32 Å². The van der Waals surface area contributed by atoms with Crippen LogP contribution in [-0.2, 0) is 4.79 Å². The minimum atomic E-state index is 0. The molecule has 2 nitrogen and oxygen atoms in total. The van der Waals surface area contributed by atoms with Gasteiger partial charge < -0.3 is 5.32 Å². The van der Waals surface area contributed by atoms with Gasteiger partial charge >= 0.3 is 0 Å². The van der Waals surface area contributed by atoms with Crippen molar-refractivity contribution in [2.75, 3.05) is 6.54 Å². The van der Waals surface area contributed by atoms with Crippen molar-refractivity contribution in [3.63, 3.8) is 0 Å². The van der Waals surface area contributed by atoms with Gasteiger partial charge in [-0.3, -0.25) is 4.79 Å². The zero-order chi connectivity index (χ0) is 4.41. The normalized spacial score (nSPS) is 18.0. The summed E-state index contributed by atoms with van der Waals surface area (Å²) in [6.07, 6.45) is 1.76. The minimum Gasteiger partial charge on any atom is -0.356 e. The summed E-state index contributed by atoms with van der Waals surface area (Å²) < 4.78 is 0. The third-order valence-corrected chi connectivity index (χ3v) is 0.903. The Morgan fingerprint density at radius 2 is 2.29 bits per heavy atom. The lowest BCUT2D eigenvalue weighted by molar-refractivity contribution is -0.119. The van der Waals surface area contributed by atoms with Gasteiger partial charge in [0, 0.05) is 13.0 Å². The van der Waals surface area contributed by atoms with Gasteiger partial charge in [0.05, 0.1) is 0 Å². The summed E-state index contributed by atoms with van der Waals surface area (Å²) >= 11 is 0. The molecule has 0 unspecified atom stereocenters. The number of rotatable bonds is 0. The van der Waals surface area contributed by atoms with Gasteiger partial charge in [0.25, 0.3) is 0 Å². The maximum Gasteiger partial charge on any atom is 0.220 e. The van der Waals surface area contributed by atoms with Crippen molar-refractivity contribution in [3.05, 3.63) is 0 Å². The molecule has 1 rings (SSSR count). The van der Waals surface area contributed by atoms with Crippen LogP contribution in [0.15, 0.2) is 0 Å². The lowest BCUT2D eigenvalue weighted by Gasteiger charge is -1.80. The van der Waals surface area contributed by atoms with E-state index >= 15 is 0 Å². The first kappa shape index (κ1) is 7.00. The molecule has 1 heterocycles. The first-order valence-corrected chi connectivity index (χ1v) is 2.16. The Hall–Kier alpha value is 0.00247. The molecule has 1 fully saturated rings. The Balaban J connectivity index is 0.000000360. The van der Waals surface area contributed by atoms with Crippen molar-refractivity contribution >= 4 is 23.3 Å².